The number of halogens is 3. The molecular formula is C14H7Cl2FN2OS. The third-order valence-electron chi connectivity index (χ3n) is 2.75. The number of fused-ring (bicyclic) bond motifs is 1. The molecule has 0 unspecified atom stereocenters. The van der Waals surface area contributed by atoms with Gasteiger partial charge in [-0.15, -0.1) is 0 Å². The molecule has 21 heavy (non-hydrogen) atoms. The molecule has 0 spiro atoms. The lowest BCUT2D eigenvalue weighted by atomic mass is 10.2. The predicted octanol–water partition coefficient (Wildman–Crippen LogP) is 4.99. The van der Waals surface area contributed by atoms with Gasteiger partial charge in [0.15, 0.2) is 5.13 Å². The summed E-state index contributed by atoms with van der Waals surface area (Å²) in [4.78, 5) is 16.3. The van der Waals surface area contributed by atoms with E-state index in [0.29, 0.717) is 31.0 Å². The number of rotatable bonds is 2. The van der Waals surface area contributed by atoms with Crippen molar-refractivity contribution in [2.45, 2.75) is 0 Å². The topological polar surface area (TPSA) is 42.0 Å². The van der Waals surface area contributed by atoms with E-state index in [4.69, 9.17) is 23.2 Å². The summed E-state index contributed by atoms with van der Waals surface area (Å²) in [6, 6.07) is 8.86. The second kappa shape index (κ2) is 5.60. The summed E-state index contributed by atoms with van der Waals surface area (Å²) in [6.45, 7) is 0. The molecule has 3 nitrogen and oxygen atoms in total. The number of hydrogen-bond acceptors (Lipinski definition) is 3. The number of thiazole rings is 1. The zero-order valence-electron chi connectivity index (χ0n) is 10.4. The summed E-state index contributed by atoms with van der Waals surface area (Å²) < 4.78 is 13.8. The second-order valence-electron chi connectivity index (χ2n) is 4.21. The van der Waals surface area contributed by atoms with Gasteiger partial charge in [0.1, 0.15) is 5.82 Å². The number of nitrogens with zero attached hydrogens (tertiary/aromatic N) is 1. The normalized spacial score (nSPS) is 10.8. The molecule has 2 aromatic carbocycles. The van der Waals surface area contributed by atoms with E-state index >= 15 is 0 Å². The average molecular weight is 341 g/mol. The van der Waals surface area contributed by atoms with Crippen molar-refractivity contribution >= 4 is 55.8 Å². The Bertz CT molecular complexity index is 850. The molecule has 3 rings (SSSR count). The van der Waals surface area contributed by atoms with Gasteiger partial charge in [0, 0.05) is 5.56 Å². The molecular weight excluding hydrogens is 334 g/mol. The third-order valence-corrected chi connectivity index (χ3v) is 4.43. The summed E-state index contributed by atoms with van der Waals surface area (Å²) >= 11 is 12.9. The van der Waals surface area contributed by atoms with Crippen LogP contribution in [0.25, 0.3) is 10.2 Å². The quantitative estimate of drug-likeness (QED) is 0.713. The number of nitrogens with one attached hydrogen (secondary N) is 1. The van der Waals surface area contributed by atoms with Gasteiger partial charge in [-0.05, 0) is 36.4 Å². The van der Waals surface area contributed by atoms with Crippen molar-refractivity contribution < 1.29 is 9.18 Å². The minimum absolute atomic E-state index is 0.302. The second-order valence-corrected chi connectivity index (χ2v) is 6.06. The lowest BCUT2D eigenvalue weighted by Gasteiger charge is -2.02. The molecule has 1 aromatic heterocycles. The number of carbonyl (C=O) groups is 1. The molecule has 0 aliphatic heterocycles. The first-order valence-corrected chi connectivity index (χ1v) is 7.43. The van der Waals surface area contributed by atoms with Crippen molar-refractivity contribution in [2.75, 3.05) is 5.32 Å². The Hall–Kier alpha value is -1.69. The van der Waals surface area contributed by atoms with Gasteiger partial charge in [-0.2, -0.15) is 0 Å². The smallest absolute Gasteiger partial charge is 0.257 e. The number of anilines is 1. The van der Waals surface area contributed by atoms with Gasteiger partial charge >= 0.3 is 0 Å². The van der Waals surface area contributed by atoms with Crippen LogP contribution in [0.15, 0.2) is 36.4 Å². The lowest BCUT2D eigenvalue weighted by molar-refractivity contribution is 0.102. The van der Waals surface area contributed by atoms with Gasteiger partial charge in [0.05, 0.1) is 20.3 Å². The fraction of sp³-hybridized carbons (Fsp3) is 0. The highest BCUT2D eigenvalue weighted by atomic mass is 35.5. The van der Waals surface area contributed by atoms with Crippen molar-refractivity contribution in [3.05, 3.63) is 57.8 Å². The van der Waals surface area contributed by atoms with E-state index in [0.717, 1.165) is 0 Å². The average Bonchev–Trinajstić information content (AvgIpc) is 2.83. The summed E-state index contributed by atoms with van der Waals surface area (Å²) in [5, 5.41) is 3.73. The highest BCUT2D eigenvalue weighted by Crippen LogP contribution is 2.27. The number of amides is 1. The highest BCUT2D eigenvalue weighted by Gasteiger charge is 2.11. The first-order valence-electron chi connectivity index (χ1n) is 5.85. The molecule has 0 saturated heterocycles. The minimum Gasteiger partial charge on any atom is -0.298 e. The molecule has 106 valence electrons. The van der Waals surface area contributed by atoms with Crippen LogP contribution in [0.1, 0.15) is 10.4 Å². The molecule has 0 saturated carbocycles. The van der Waals surface area contributed by atoms with Crippen LogP contribution in [-0.4, -0.2) is 10.9 Å². The van der Waals surface area contributed by atoms with Gasteiger partial charge < -0.3 is 0 Å². The molecule has 1 N–H and O–H groups in total. The SMILES string of the molecule is O=C(Nc1nc2ccc(F)cc2s1)c1ccc(Cl)c(Cl)c1. The predicted molar refractivity (Wildman–Crippen MR) is 84.0 cm³/mol. The van der Waals surface area contributed by atoms with E-state index in [9.17, 15) is 9.18 Å². The molecule has 0 fully saturated rings. The Labute approximate surface area is 133 Å². The maximum absolute atomic E-state index is 13.1. The maximum Gasteiger partial charge on any atom is 0.257 e. The Morgan fingerprint density at radius 3 is 2.71 bits per heavy atom. The van der Waals surface area contributed by atoms with E-state index in [1.807, 2.05) is 0 Å². The van der Waals surface area contributed by atoms with Crippen LogP contribution in [0.3, 0.4) is 0 Å². The van der Waals surface area contributed by atoms with Crippen molar-refractivity contribution in [3.8, 4) is 0 Å². The number of hydrogen-bond donors (Lipinski definition) is 1. The Kier molecular flexibility index (Phi) is 3.80. The molecule has 3 aromatic rings. The molecule has 0 atom stereocenters. The minimum atomic E-state index is -0.354. The Balaban J connectivity index is 1.87. The first kappa shape index (κ1) is 14.3. The van der Waals surface area contributed by atoms with Crippen LogP contribution in [0.2, 0.25) is 10.0 Å². The molecule has 1 amide bonds. The monoisotopic (exact) mass is 340 g/mol. The first-order chi connectivity index (χ1) is 10.0. The number of carbonyl (C=O) groups excluding carboxylic acids is 1. The van der Waals surface area contributed by atoms with Gasteiger partial charge in [-0.1, -0.05) is 34.5 Å². The highest BCUT2D eigenvalue weighted by molar-refractivity contribution is 7.22. The van der Waals surface area contributed by atoms with Crippen LogP contribution >= 0.6 is 34.5 Å². The van der Waals surface area contributed by atoms with Crippen LogP contribution < -0.4 is 5.32 Å². The number of aromatic nitrogens is 1. The number of benzene rings is 2. The molecule has 0 radical (unpaired) electrons. The van der Waals surface area contributed by atoms with Crippen LogP contribution in [0, 0.1) is 5.82 Å². The largest absolute Gasteiger partial charge is 0.298 e. The van der Waals surface area contributed by atoms with E-state index in [1.54, 1.807) is 18.2 Å². The summed E-state index contributed by atoms with van der Waals surface area (Å²) in [6.07, 6.45) is 0. The standard InChI is InChI=1S/C14H7Cl2FN2OS/c15-9-3-1-7(5-10(9)16)13(20)19-14-18-11-4-2-8(17)6-12(11)21-14/h1-6H,(H,18,19,20). The Morgan fingerprint density at radius 1 is 1.14 bits per heavy atom. The summed E-state index contributed by atoms with van der Waals surface area (Å²) in [7, 11) is 0. The van der Waals surface area contributed by atoms with Gasteiger partial charge in [-0.3, -0.25) is 10.1 Å². The van der Waals surface area contributed by atoms with Gasteiger partial charge in [0.2, 0.25) is 0 Å². The van der Waals surface area contributed by atoms with E-state index in [2.05, 4.69) is 10.3 Å². The fourth-order valence-corrected chi connectivity index (χ4v) is 2.94. The fourth-order valence-electron chi connectivity index (χ4n) is 1.76. The van der Waals surface area contributed by atoms with Gasteiger partial charge in [-0.25, -0.2) is 9.37 Å². The molecule has 0 aliphatic rings. The molecule has 0 bridgehead atoms. The third kappa shape index (κ3) is 3.00. The van der Waals surface area contributed by atoms with Crippen LogP contribution in [-0.2, 0) is 0 Å². The van der Waals surface area contributed by atoms with E-state index in [1.165, 1.54) is 29.5 Å². The lowest BCUT2D eigenvalue weighted by Crippen LogP contribution is -2.11. The molecule has 7 heteroatoms. The maximum atomic E-state index is 13.1. The van der Waals surface area contributed by atoms with Crippen LogP contribution in [0.5, 0.6) is 0 Å². The summed E-state index contributed by atoms with van der Waals surface area (Å²) in [5.41, 5.74) is 1.00. The molecule has 0 aliphatic carbocycles. The Morgan fingerprint density at radius 2 is 1.95 bits per heavy atom. The van der Waals surface area contributed by atoms with E-state index < -0.39 is 0 Å². The zero-order chi connectivity index (χ0) is 15.0. The van der Waals surface area contributed by atoms with E-state index in [-0.39, 0.29) is 11.7 Å². The van der Waals surface area contributed by atoms with Crippen molar-refractivity contribution in [1.82, 2.24) is 4.98 Å². The van der Waals surface area contributed by atoms with Crippen molar-refractivity contribution in [2.24, 2.45) is 0 Å². The van der Waals surface area contributed by atoms with Crippen LogP contribution in [0.4, 0.5) is 9.52 Å². The summed E-state index contributed by atoms with van der Waals surface area (Å²) in [5.74, 6) is -0.693. The molecule has 1 heterocycles. The van der Waals surface area contributed by atoms with Gasteiger partial charge in [0.25, 0.3) is 5.91 Å². The van der Waals surface area contributed by atoms with Crippen molar-refractivity contribution in [1.29, 1.82) is 0 Å². The zero-order valence-corrected chi connectivity index (χ0v) is 12.7. The van der Waals surface area contributed by atoms with Crippen molar-refractivity contribution in [3.63, 3.8) is 0 Å².